The SMILES string of the molecule is NS(=O)(=O)OC(=O)Cc1cccc(CCCOCCCCCCNC[C@H](O)c2ccc(O)c(CO)c2)c1. The maximum absolute atomic E-state index is 11.6. The number of carbonyl (C=O) groups excluding carboxylic acids is 1. The molecule has 0 fully saturated rings. The molecule has 0 aliphatic carbocycles. The van der Waals surface area contributed by atoms with Crippen LogP contribution in [0.5, 0.6) is 5.75 Å². The molecule has 11 heteroatoms. The number of benzene rings is 2. The molecule has 10 nitrogen and oxygen atoms in total. The predicted molar refractivity (Wildman–Crippen MR) is 139 cm³/mol. The Hall–Kier alpha value is -2.54. The molecule has 206 valence electrons. The average Bonchev–Trinajstić information content (AvgIpc) is 2.83. The summed E-state index contributed by atoms with van der Waals surface area (Å²) in [5.74, 6) is -0.894. The predicted octanol–water partition coefficient (Wildman–Crippen LogP) is 2.01. The van der Waals surface area contributed by atoms with E-state index in [0.717, 1.165) is 50.6 Å². The summed E-state index contributed by atoms with van der Waals surface area (Å²) in [5.41, 5.74) is 2.74. The number of aryl methyl sites for hydroxylation is 1. The van der Waals surface area contributed by atoms with Gasteiger partial charge < -0.3 is 29.6 Å². The van der Waals surface area contributed by atoms with Crippen molar-refractivity contribution in [2.45, 2.75) is 57.7 Å². The maximum atomic E-state index is 11.6. The molecule has 2 aromatic carbocycles. The van der Waals surface area contributed by atoms with Crippen LogP contribution in [0.2, 0.25) is 0 Å². The van der Waals surface area contributed by atoms with E-state index < -0.39 is 22.4 Å². The number of hydrogen-bond donors (Lipinski definition) is 5. The number of nitrogens with one attached hydrogen (secondary N) is 1. The van der Waals surface area contributed by atoms with Crippen LogP contribution >= 0.6 is 0 Å². The standard InChI is InChI=1S/C26H38N2O8S/c27-37(33,34)36-26(32)16-21-8-5-7-20(15-21)9-6-14-35-13-4-2-1-3-12-28-18-25(31)22-10-11-24(30)23(17-22)19-29/h5,7-8,10-11,15,17,25,28-31H,1-4,6,9,12-14,16,18-19H2,(H2,27,33,34)/t25-/m0/s1. The Balaban J connectivity index is 1.47. The van der Waals surface area contributed by atoms with Crippen LogP contribution in [0, 0.1) is 0 Å². The lowest BCUT2D eigenvalue weighted by molar-refractivity contribution is -0.133. The van der Waals surface area contributed by atoms with Crippen molar-refractivity contribution in [2.24, 2.45) is 5.14 Å². The monoisotopic (exact) mass is 538 g/mol. The second-order valence-corrected chi connectivity index (χ2v) is 9.99. The van der Waals surface area contributed by atoms with Crippen LogP contribution < -0.4 is 10.5 Å². The van der Waals surface area contributed by atoms with Gasteiger partial charge in [0.2, 0.25) is 0 Å². The van der Waals surface area contributed by atoms with Gasteiger partial charge in [-0.25, -0.2) is 0 Å². The summed E-state index contributed by atoms with van der Waals surface area (Å²) in [7, 11) is -4.29. The van der Waals surface area contributed by atoms with Crippen LogP contribution in [-0.4, -0.2) is 56.0 Å². The summed E-state index contributed by atoms with van der Waals surface area (Å²) in [6.45, 7) is 2.25. The van der Waals surface area contributed by atoms with Gasteiger partial charge in [0.25, 0.3) is 0 Å². The van der Waals surface area contributed by atoms with E-state index >= 15 is 0 Å². The number of aromatic hydroxyl groups is 1. The molecule has 0 amide bonds. The van der Waals surface area contributed by atoms with Gasteiger partial charge in [0.05, 0.1) is 19.1 Å². The number of carbonyl (C=O) groups is 1. The van der Waals surface area contributed by atoms with Crippen molar-refractivity contribution in [3.8, 4) is 5.75 Å². The zero-order chi connectivity index (χ0) is 27.1. The van der Waals surface area contributed by atoms with E-state index in [2.05, 4.69) is 9.50 Å². The quantitative estimate of drug-likeness (QED) is 0.178. The Kier molecular flexibility index (Phi) is 13.5. The van der Waals surface area contributed by atoms with E-state index in [1.165, 1.54) is 6.07 Å². The third kappa shape index (κ3) is 13.0. The lowest BCUT2D eigenvalue weighted by Crippen LogP contribution is -2.22. The molecule has 0 heterocycles. The van der Waals surface area contributed by atoms with Crippen molar-refractivity contribution in [1.29, 1.82) is 0 Å². The first-order valence-electron chi connectivity index (χ1n) is 12.4. The van der Waals surface area contributed by atoms with Crippen molar-refractivity contribution in [3.63, 3.8) is 0 Å². The van der Waals surface area contributed by atoms with E-state index in [9.17, 15) is 28.5 Å². The molecule has 0 unspecified atom stereocenters. The van der Waals surface area contributed by atoms with Crippen molar-refractivity contribution in [3.05, 3.63) is 64.7 Å². The molecule has 0 saturated heterocycles. The van der Waals surface area contributed by atoms with Crippen LogP contribution in [0.4, 0.5) is 0 Å². The van der Waals surface area contributed by atoms with E-state index in [1.54, 1.807) is 18.2 Å². The first-order chi connectivity index (χ1) is 17.7. The molecule has 0 radical (unpaired) electrons. The van der Waals surface area contributed by atoms with Crippen molar-refractivity contribution in [1.82, 2.24) is 5.32 Å². The number of unbranched alkanes of at least 4 members (excludes halogenated alkanes) is 3. The summed E-state index contributed by atoms with van der Waals surface area (Å²) >= 11 is 0. The van der Waals surface area contributed by atoms with Gasteiger partial charge in [-0.1, -0.05) is 43.2 Å². The second kappa shape index (κ2) is 16.3. The molecule has 0 bridgehead atoms. The highest BCUT2D eigenvalue weighted by atomic mass is 32.2. The molecule has 6 N–H and O–H groups in total. The van der Waals surface area contributed by atoms with Gasteiger partial charge in [0.15, 0.2) is 0 Å². The molecule has 37 heavy (non-hydrogen) atoms. The van der Waals surface area contributed by atoms with Crippen LogP contribution in [-0.2, 0) is 43.5 Å². The smallest absolute Gasteiger partial charge is 0.382 e. The molecule has 0 aliphatic rings. The zero-order valence-corrected chi connectivity index (χ0v) is 21.8. The number of nitrogens with two attached hydrogens (primary N) is 1. The van der Waals surface area contributed by atoms with Crippen LogP contribution in [0.25, 0.3) is 0 Å². The fraction of sp³-hybridized carbons (Fsp3) is 0.500. The molecule has 2 aromatic rings. The minimum atomic E-state index is -4.29. The number of hydrogen-bond acceptors (Lipinski definition) is 9. The van der Waals surface area contributed by atoms with E-state index in [-0.39, 0.29) is 18.8 Å². The van der Waals surface area contributed by atoms with E-state index in [1.807, 2.05) is 18.2 Å². The first-order valence-corrected chi connectivity index (χ1v) is 13.9. The molecule has 0 aromatic heterocycles. The molecule has 0 saturated carbocycles. The third-order valence-electron chi connectivity index (χ3n) is 5.69. The maximum Gasteiger partial charge on any atom is 0.382 e. The Morgan fingerprint density at radius 3 is 2.49 bits per heavy atom. The first kappa shape index (κ1) is 30.7. The second-order valence-electron chi connectivity index (χ2n) is 8.84. The minimum absolute atomic E-state index is 0.0206. The van der Waals surface area contributed by atoms with Gasteiger partial charge in [0.1, 0.15) is 5.75 Å². The summed E-state index contributed by atoms with van der Waals surface area (Å²) in [6.07, 6.45) is 4.82. The molecule has 1 atom stereocenters. The fourth-order valence-corrected chi connectivity index (χ4v) is 4.12. The van der Waals surface area contributed by atoms with E-state index in [4.69, 9.17) is 9.88 Å². The van der Waals surface area contributed by atoms with Crippen molar-refractivity contribution >= 4 is 16.3 Å². The van der Waals surface area contributed by atoms with Gasteiger partial charge in [-0.05, 0) is 61.1 Å². The Bertz CT molecular complexity index is 1080. The Morgan fingerprint density at radius 2 is 1.73 bits per heavy atom. The molecule has 2 rings (SSSR count). The van der Waals surface area contributed by atoms with Gasteiger partial charge in [-0.3, -0.25) is 4.79 Å². The highest BCUT2D eigenvalue weighted by Gasteiger charge is 2.13. The third-order valence-corrected chi connectivity index (χ3v) is 6.11. The van der Waals surface area contributed by atoms with Crippen molar-refractivity contribution in [2.75, 3.05) is 26.3 Å². The summed E-state index contributed by atoms with van der Waals surface area (Å²) in [4.78, 5) is 11.6. The van der Waals surface area contributed by atoms with Crippen LogP contribution in [0.3, 0.4) is 0 Å². The highest BCUT2D eigenvalue weighted by molar-refractivity contribution is 7.84. The summed E-state index contributed by atoms with van der Waals surface area (Å²) in [5, 5.41) is 37.0. The Labute approximate surface area is 218 Å². The van der Waals surface area contributed by atoms with Gasteiger partial charge in [-0.2, -0.15) is 13.6 Å². The number of phenols is 1. The molecule has 0 aliphatic heterocycles. The topological polar surface area (TPSA) is 168 Å². The van der Waals surface area contributed by atoms with Gasteiger partial charge >= 0.3 is 16.3 Å². The van der Waals surface area contributed by atoms with Crippen LogP contribution in [0.1, 0.15) is 60.5 Å². The van der Waals surface area contributed by atoms with Crippen LogP contribution in [0.15, 0.2) is 42.5 Å². The Morgan fingerprint density at radius 1 is 1.00 bits per heavy atom. The molecular weight excluding hydrogens is 500 g/mol. The number of aliphatic hydroxyl groups excluding tert-OH is 2. The van der Waals surface area contributed by atoms with Crippen molar-refractivity contribution < 1.29 is 37.5 Å². The summed E-state index contributed by atoms with van der Waals surface area (Å²) in [6, 6.07) is 12.1. The van der Waals surface area contributed by atoms with E-state index in [0.29, 0.717) is 36.4 Å². The zero-order valence-electron chi connectivity index (χ0n) is 21.0. The minimum Gasteiger partial charge on any atom is -0.508 e. The summed E-state index contributed by atoms with van der Waals surface area (Å²) < 4.78 is 31.5. The highest BCUT2D eigenvalue weighted by Crippen LogP contribution is 2.22. The lowest BCUT2D eigenvalue weighted by Gasteiger charge is -2.14. The average molecular weight is 539 g/mol. The number of aliphatic hydroxyl groups is 2. The van der Waals surface area contributed by atoms with Gasteiger partial charge in [0, 0.05) is 25.3 Å². The molecule has 0 spiro atoms. The van der Waals surface area contributed by atoms with Gasteiger partial charge in [-0.15, -0.1) is 0 Å². The largest absolute Gasteiger partial charge is 0.508 e. The lowest BCUT2D eigenvalue weighted by atomic mass is 10.0. The molecular formula is C26H38N2O8S. The number of rotatable bonds is 18. The fourth-order valence-electron chi connectivity index (χ4n) is 3.80. The normalized spacial score (nSPS) is 12.4. The number of ether oxygens (including phenoxy) is 1.